The fourth-order valence-electron chi connectivity index (χ4n) is 3.84. The van der Waals surface area contributed by atoms with Gasteiger partial charge in [-0.25, -0.2) is 4.98 Å². The molecule has 5 nitrogen and oxygen atoms in total. The van der Waals surface area contributed by atoms with E-state index < -0.39 is 0 Å². The largest absolute Gasteiger partial charge is 0.494 e. The predicted octanol–water partition coefficient (Wildman–Crippen LogP) is 4.29. The molecule has 4 rings (SSSR count). The SMILES string of the molecule is CCc1ccc(OCCCCn2c(CN3CCOCC3)nc3ccccc32)cc1. The number of aryl methyl sites for hydroxylation is 2. The Morgan fingerprint density at radius 3 is 2.59 bits per heavy atom. The number of aromatic nitrogens is 2. The zero-order valence-corrected chi connectivity index (χ0v) is 17.3. The molecule has 1 aliphatic rings. The molecular formula is C24H31N3O2. The van der Waals surface area contributed by atoms with Crippen LogP contribution in [0.5, 0.6) is 5.75 Å². The van der Waals surface area contributed by atoms with E-state index in [1.54, 1.807) is 0 Å². The first-order chi connectivity index (χ1) is 14.3. The highest BCUT2D eigenvalue weighted by Gasteiger charge is 2.16. The summed E-state index contributed by atoms with van der Waals surface area (Å²) in [5, 5.41) is 0. The van der Waals surface area contributed by atoms with Gasteiger partial charge in [0.25, 0.3) is 0 Å². The molecule has 1 saturated heterocycles. The molecule has 3 aromatic rings. The van der Waals surface area contributed by atoms with E-state index in [1.807, 2.05) is 0 Å². The van der Waals surface area contributed by atoms with Crippen molar-refractivity contribution in [1.82, 2.24) is 14.5 Å². The predicted molar refractivity (Wildman–Crippen MR) is 116 cm³/mol. The van der Waals surface area contributed by atoms with Crippen molar-refractivity contribution >= 4 is 11.0 Å². The standard InChI is InChI=1S/C24H31N3O2/c1-2-20-9-11-21(12-10-20)29-16-6-5-13-27-23-8-4-3-7-22(23)25-24(27)19-26-14-17-28-18-15-26/h3-4,7-12H,2,5-6,13-19H2,1H3. The number of hydrogen-bond donors (Lipinski definition) is 0. The van der Waals surface area contributed by atoms with E-state index in [0.717, 1.165) is 82.4 Å². The zero-order chi connectivity index (χ0) is 19.9. The Labute approximate surface area is 173 Å². The fourth-order valence-corrected chi connectivity index (χ4v) is 3.84. The summed E-state index contributed by atoms with van der Waals surface area (Å²) in [5.74, 6) is 2.12. The Hall–Kier alpha value is -2.37. The molecule has 5 heteroatoms. The highest BCUT2D eigenvalue weighted by atomic mass is 16.5. The third kappa shape index (κ3) is 5.17. The number of fused-ring (bicyclic) bond motifs is 1. The molecule has 2 aromatic carbocycles. The van der Waals surface area contributed by atoms with Crippen molar-refractivity contribution in [2.75, 3.05) is 32.9 Å². The van der Waals surface area contributed by atoms with Gasteiger partial charge in [-0.1, -0.05) is 31.2 Å². The normalized spacial score (nSPS) is 15.1. The molecule has 1 aliphatic heterocycles. The topological polar surface area (TPSA) is 39.5 Å². The number of imidazole rings is 1. The molecular weight excluding hydrogens is 362 g/mol. The number of rotatable bonds is 9. The van der Waals surface area contributed by atoms with Crippen LogP contribution in [-0.4, -0.2) is 47.4 Å². The van der Waals surface area contributed by atoms with E-state index in [-0.39, 0.29) is 0 Å². The quantitative estimate of drug-likeness (QED) is 0.509. The van der Waals surface area contributed by atoms with E-state index in [9.17, 15) is 0 Å². The van der Waals surface area contributed by atoms with Gasteiger partial charge in [-0.3, -0.25) is 4.90 Å². The summed E-state index contributed by atoms with van der Waals surface area (Å²) >= 11 is 0. The minimum Gasteiger partial charge on any atom is -0.494 e. The third-order valence-corrected chi connectivity index (χ3v) is 5.58. The molecule has 0 radical (unpaired) electrons. The van der Waals surface area contributed by atoms with Crippen molar-refractivity contribution in [2.24, 2.45) is 0 Å². The molecule has 0 N–H and O–H groups in total. The minimum absolute atomic E-state index is 0.747. The van der Waals surface area contributed by atoms with E-state index in [0.29, 0.717) is 0 Å². The third-order valence-electron chi connectivity index (χ3n) is 5.58. The Morgan fingerprint density at radius 1 is 1.00 bits per heavy atom. The Balaban J connectivity index is 1.34. The van der Waals surface area contributed by atoms with Gasteiger partial charge in [0, 0.05) is 19.6 Å². The van der Waals surface area contributed by atoms with Gasteiger partial charge in [0.05, 0.1) is 37.4 Å². The maximum absolute atomic E-state index is 5.92. The lowest BCUT2D eigenvalue weighted by Gasteiger charge is -2.26. The first-order valence-electron chi connectivity index (χ1n) is 10.8. The van der Waals surface area contributed by atoms with E-state index in [2.05, 4.69) is 64.9 Å². The van der Waals surface area contributed by atoms with Gasteiger partial charge in [0.15, 0.2) is 0 Å². The number of hydrogen-bond acceptors (Lipinski definition) is 4. The molecule has 2 heterocycles. The monoisotopic (exact) mass is 393 g/mol. The maximum Gasteiger partial charge on any atom is 0.124 e. The van der Waals surface area contributed by atoms with E-state index in [1.165, 1.54) is 11.1 Å². The number of morpholine rings is 1. The summed E-state index contributed by atoms with van der Waals surface area (Å²) in [7, 11) is 0. The molecule has 0 aliphatic carbocycles. The Bertz CT molecular complexity index is 898. The number of benzene rings is 2. The van der Waals surface area contributed by atoms with Crippen LogP contribution in [0.1, 0.15) is 31.2 Å². The maximum atomic E-state index is 5.92. The van der Waals surface area contributed by atoms with Crippen LogP contribution in [0.25, 0.3) is 11.0 Å². The van der Waals surface area contributed by atoms with Crippen LogP contribution < -0.4 is 4.74 Å². The van der Waals surface area contributed by atoms with Crippen molar-refractivity contribution in [3.05, 3.63) is 59.9 Å². The van der Waals surface area contributed by atoms with Gasteiger partial charge < -0.3 is 14.0 Å². The fraction of sp³-hybridized carbons (Fsp3) is 0.458. The van der Waals surface area contributed by atoms with Gasteiger partial charge in [-0.2, -0.15) is 0 Å². The Morgan fingerprint density at radius 2 is 1.79 bits per heavy atom. The van der Waals surface area contributed by atoms with Gasteiger partial charge >= 0.3 is 0 Å². The first kappa shape index (κ1) is 19.9. The number of nitrogens with zero attached hydrogens (tertiary/aromatic N) is 3. The van der Waals surface area contributed by atoms with Crippen LogP contribution in [0, 0.1) is 0 Å². The van der Waals surface area contributed by atoms with Crippen molar-refractivity contribution in [3.63, 3.8) is 0 Å². The van der Waals surface area contributed by atoms with Crippen LogP contribution >= 0.6 is 0 Å². The van der Waals surface area contributed by atoms with Gasteiger partial charge in [0.1, 0.15) is 11.6 Å². The van der Waals surface area contributed by atoms with E-state index in [4.69, 9.17) is 14.5 Å². The summed E-state index contributed by atoms with van der Waals surface area (Å²) in [6, 6.07) is 16.9. The average molecular weight is 394 g/mol. The lowest BCUT2D eigenvalue weighted by molar-refractivity contribution is 0.0326. The molecule has 0 saturated carbocycles. The smallest absolute Gasteiger partial charge is 0.124 e. The molecule has 1 aromatic heterocycles. The number of para-hydroxylation sites is 2. The molecule has 0 unspecified atom stereocenters. The second-order valence-electron chi connectivity index (χ2n) is 7.61. The Kier molecular flexibility index (Phi) is 6.80. The van der Waals surface area contributed by atoms with Gasteiger partial charge in [0.2, 0.25) is 0 Å². The number of ether oxygens (including phenoxy) is 2. The van der Waals surface area contributed by atoms with Crippen LogP contribution in [0.2, 0.25) is 0 Å². The van der Waals surface area contributed by atoms with Crippen LogP contribution in [-0.2, 0) is 24.2 Å². The van der Waals surface area contributed by atoms with Gasteiger partial charge in [-0.05, 0) is 49.1 Å². The van der Waals surface area contributed by atoms with Crippen LogP contribution in [0.4, 0.5) is 0 Å². The molecule has 0 atom stereocenters. The summed E-state index contributed by atoms with van der Waals surface area (Å²) in [5.41, 5.74) is 3.66. The second-order valence-corrected chi connectivity index (χ2v) is 7.61. The second kappa shape index (κ2) is 9.90. The summed E-state index contributed by atoms with van der Waals surface area (Å²) in [6.07, 6.45) is 3.16. The molecule has 0 spiro atoms. The van der Waals surface area contributed by atoms with Gasteiger partial charge in [-0.15, -0.1) is 0 Å². The number of unbranched alkanes of at least 4 members (excludes halogenated alkanes) is 1. The van der Waals surface area contributed by atoms with Crippen molar-refractivity contribution < 1.29 is 9.47 Å². The molecule has 1 fully saturated rings. The summed E-state index contributed by atoms with van der Waals surface area (Å²) in [4.78, 5) is 7.35. The summed E-state index contributed by atoms with van der Waals surface area (Å²) < 4.78 is 13.8. The molecule has 154 valence electrons. The highest BCUT2D eigenvalue weighted by Crippen LogP contribution is 2.19. The molecule has 0 amide bonds. The highest BCUT2D eigenvalue weighted by molar-refractivity contribution is 5.75. The molecule has 29 heavy (non-hydrogen) atoms. The lowest BCUT2D eigenvalue weighted by atomic mass is 10.2. The van der Waals surface area contributed by atoms with Crippen molar-refractivity contribution in [2.45, 2.75) is 39.3 Å². The van der Waals surface area contributed by atoms with Crippen molar-refractivity contribution in [1.29, 1.82) is 0 Å². The van der Waals surface area contributed by atoms with E-state index >= 15 is 0 Å². The van der Waals surface area contributed by atoms with Crippen LogP contribution in [0.3, 0.4) is 0 Å². The summed E-state index contributed by atoms with van der Waals surface area (Å²) in [6.45, 7) is 8.37. The zero-order valence-electron chi connectivity index (χ0n) is 17.3. The average Bonchev–Trinajstić information content (AvgIpc) is 3.11. The lowest BCUT2D eigenvalue weighted by Crippen LogP contribution is -2.36. The van der Waals surface area contributed by atoms with Crippen molar-refractivity contribution in [3.8, 4) is 5.75 Å². The molecule has 0 bridgehead atoms. The first-order valence-corrected chi connectivity index (χ1v) is 10.8. The minimum atomic E-state index is 0.747. The van der Waals surface area contributed by atoms with Crippen LogP contribution in [0.15, 0.2) is 48.5 Å².